The molecule has 2 fully saturated rings. The Morgan fingerprint density at radius 2 is 1.85 bits per heavy atom. The number of hydrogen-bond donors (Lipinski definition) is 1. The Kier molecular flexibility index (Phi) is 6.19. The molecule has 7 heteroatoms. The predicted octanol–water partition coefficient (Wildman–Crippen LogP) is 1.29. The number of piperidine rings is 1. The van der Waals surface area contributed by atoms with Gasteiger partial charge in [0.05, 0.1) is 6.20 Å². The third-order valence-corrected chi connectivity index (χ3v) is 6.39. The number of rotatable bonds is 4. The maximum atomic E-state index is 12.5. The number of nitrogens with one attached hydrogen (secondary N) is 1. The minimum Gasteiger partial charge on any atom is -0.334 e. The SMILES string of the molecule is Cc1c(CNC(=O)N2CCC([C@H](C)N3CCN(C)CC3)CC2)cnn1C. The third-order valence-electron chi connectivity index (χ3n) is 6.39. The van der Waals surface area contributed by atoms with Crippen molar-refractivity contribution >= 4 is 6.03 Å². The second-order valence-corrected chi connectivity index (χ2v) is 7.94. The number of likely N-dealkylation sites (N-methyl/N-ethyl adjacent to an activating group) is 1. The summed E-state index contributed by atoms with van der Waals surface area (Å²) in [5, 5.41) is 7.28. The minimum atomic E-state index is 0.0546. The Labute approximate surface area is 157 Å². The van der Waals surface area contributed by atoms with E-state index in [1.165, 1.54) is 26.2 Å². The fraction of sp³-hybridized carbons (Fsp3) is 0.789. The van der Waals surface area contributed by atoms with Crippen LogP contribution in [0.2, 0.25) is 0 Å². The molecular formula is C19H34N6O. The molecule has 2 aliphatic heterocycles. The highest BCUT2D eigenvalue weighted by atomic mass is 16.2. The summed E-state index contributed by atoms with van der Waals surface area (Å²) in [6.07, 6.45) is 4.04. The normalized spacial score (nSPS) is 21.8. The Hall–Kier alpha value is -1.60. The third kappa shape index (κ3) is 4.38. The molecule has 26 heavy (non-hydrogen) atoms. The number of likely N-dealkylation sites (tertiary alicyclic amines) is 1. The molecule has 1 atom stereocenters. The van der Waals surface area contributed by atoms with Crippen LogP contribution in [0.3, 0.4) is 0 Å². The van der Waals surface area contributed by atoms with Gasteiger partial charge in [0, 0.05) is 70.2 Å². The van der Waals surface area contributed by atoms with E-state index < -0.39 is 0 Å². The standard InChI is InChI=1S/C19H34N6O/c1-15-18(14-21-23(15)4)13-20-19(26)25-7-5-17(6-8-25)16(2)24-11-9-22(3)10-12-24/h14,16-17H,5-13H2,1-4H3,(H,20,26)/t16-/m0/s1. The molecule has 3 rings (SSSR count). The van der Waals surface area contributed by atoms with Crippen molar-refractivity contribution in [2.45, 2.75) is 39.3 Å². The Balaban J connectivity index is 1.42. The quantitative estimate of drug-likeness (QED) is 0.877. The van der Waals surface area contributed by atoms with Gasteiger partial charge in [0.15, 0.2) is 0 Å². The Bertz CT molecular complexity index is 599. The largest absolute Gasteiger partial charge is 0.334 e. The van der Waals surface area contributed by atoms with Gasteiger partial charge in [-0.2, -0.15) is 5.10 Å². The van der Waals surface area contributed by atoms with Gasteiger partial charge in [-0.3, -0.25) is 9.58 Å². The van der Waals surface area contributed by atoms with Crippen molar-refractivity contribution in [2.24, 2.45) is 13.0 Å². The van der Waals surface area contributed by atoms with Crippen LogP contribution < -0.4 is 5.32 Å². The van der Waals surface area contributed by atoms with Crippen LogP contribution in [0, 0.1) is 12.8 Å². The van der Waals surface area contributed by atoms with Gasteiger partial charge in [-0.05, 0) is 39.7 Å². The zero-order chi connectivity index (χ0) is 18.7. The zero-order valence-electron chi connectivity index (χ0n) is 16.7. The van der Waals surface area contributed by atoms with Crippen LogP contribution in [0.4, 0.5) is 4.79 Å². The number of carbonyl (C=O) groups is 1. The molecule has 0 saturated carbocycles. The molecular weight excluding hydrogens is 328 g/mol. The van der Waals surface area contributed by atoms with E-state index in [2.05, 4.69) is 34.2 Å². The molecule has 0 spiro atoms. The molecule has 7 nitrogen and oxygen atoms in total. The summed E-state index contributed by atoms with van der Waals surface area (Å²) in [4.78, 5) is 19.5. The van der Waals surface area contributed by atoms with E-state index in [0.717, 1.165) is 37.2 Å². The van der Waals surface area contributed by atoms with Gasteiger partial charge in [-0.1, -0.05) is 0 Å². The molecule has 2 aliphatic rings. The van der Waals surface area contributed by atoms with Gasteiger partial charge in [0.25, 0.3) is 0 Å². The Morgan fingerprint density at radius 1 is 1.19 bits per heavy atom. The van der Waals surface area contributed by atoms with Gasteiger partial charge in [0.2, 0.25) is 0 Å². The van der Waals surface area contributed by atoms with Crippen molar-refractivity contribution in [2.75, 3.05) is 46.3 Å². The number of carbonyl (C=O) groups excluding carboxylic acids is 1. The molecule has 3 heterocycles. The zero-order valence-corrected chi connectivity index (χ0v) is 16.7. The number of piperazine rings is 1. The first-order valence-electron chi connectivity index (χ1n) is 9.88. The Morgan fingerprint density at radius 3 is 2.42 bits per heavy atom. The van der Waals surface area contributed by atoms with E-state index >= 15 is 0 Å². The monoisotopic (exact) mass is 362 g/mol. The average Bonchev–Trinajstić information content (AvgIpc) is 2.98. The van der Waals surface area contributed by atoms with Crippen LogP contribution in [0.1, 0.15) is 31.0 Å². The fourth-order valence-electron chi connectivity index (χ4n) is 4.11. The van der Waals surface area contributed by atoms with E-state index in [1.54, 1.807) is 0 Å². The molecule has 2 saturated heterocycles. The van der Waals surface area contributed by atoms with Gasteiger partial charge >= 0.3 is 6.03 Å². The fourth-order valence-corrected chi connectivity index (χ4v) is 4.11. The summed E-state index contributed by atoms with van der Waals surface area (Å²) < 4.78 is 1.84. The van der Waals surface area contributed by atoms with Crippen LogP contribution in [0.5, 0.6) is 0 Å². The van der Waals surface area contributed by atoms with E-state index in [0.29, 0.717) is 18.5 Å². The lowest BCUT2D eigenvalue weighted by Gasteiger charge is -2.42. The summed E-state index contributed by atoms with van der Waals surface area (Å²) >= 11 is 0. The average molecular weight is 363 g/mol. The molecule has 2 amide bonds. The number of aryl methyl sites for hydroxylation is 1. The molecule has 0 aliphatic carbocycles. The number of urea groups is 1. The molecule has 0 radical (unpaired) electrons. The maximum absolute atomic E-state index is 12.5. The molecule has 1 aromatic heterocycles. The highest BCUT2D eigenvalue weighted by Crippen LogP contribution is 2.24. The summed E-state index contributed by atoms with van der Waals surface area (Å²) in [7, 11) is 4.12. The summed E-state index contributed by atoms with van der Waals surface area (Å²) in [5.74, 6) is 0.697. The smallest absolute Gasteiger partial charge is 0.317 e. The van der Waals surface area contributed by atoms with Crippen LogP contribution in [0.25, 0.3) is 0 Å². The van der Waals surface area contributed by atoms with Gasteiger partial charge in [0.1, 0.15) is 0 Å². The summed E-state index contributed by atoms with van der Waals surface area (Å²) in [5.41, 5.74) is 2.18. The van der Waals surface area contributed by atoms with Crippen molar-refractivity contribution in [3.63, 3.8) is 0 Å². The minimum absolute atomic E-state index is 0.0546. The number of nitrogens with zero attached hydrogens (tertiary/aromatic N) is 5. The predicted molar refractivity (Wildman–Crippen MR) is 103 cm³/mol. The van der Waals surface area contributed by atoms with Crippen molar-refractivity contribution in [1.82, 2.24) is 29.8 Å². The lowest BCUT2D eigenvalue weighted by Crippen LogP contribution is -2.52. The molecule has 146 valence electrons. The number of hydrogen-bond acceptors (Lipinski definition) is 4. The second kappa shape index (κ2) is 8.39. The highest BCUT2D eigenvalue weighted by molar-refractivity contribution is 5.74. The molecule has 1 N–H and O–H groups in total. The lowest BCUT2D eigenvalue weighted by atomic mass is 9.89. The van der Waals surface area contributed by atoms with E-state index in [1.807, 2.05) is 29.7 Å². The molecule has 0 unspecified atom stereocenters. The first-order chi connectivity index (χ1) is 12.5. The molecule has 0 aromatic carbocycles. The first-order valence-corrected chi connectivity index (χ1v) is 9.88. The van der Waals surface area contributed by atoms with Crippen LogP contribution in [-0.4, -0.2) is 82.9 Å². The van der Waals surface area contributed by atoms with Crippen molar-refractivity contribution in [3.8, 4) is 0 Å². The summed E-state index contributed by atoms with van der Waals surface area (Å²) in [6, 6.07) is 0.672. The van der Waals surface area contributed by atoms with Crippen LogP contribution in [0.15, 0.2) is 6.20 Å². The van der Waals surface area contributed by atoms with Crippen molar-refractivity contribution in [1.29, 1.82) is 0 Å². The first kappa shape index (κ1) is 19.2. The highest BCUT2D eigenvalue weighted by Gasteiger charge is 2.30. The van der Waals surface area contributed by atoms with Crippen LogP contribution in [-0.2, 0) is 13.6 Å². The number of aromatic nitrogens is 2. The second-order valence-electron chi connectivity index (χ2n) is 7.94. The summed E-state index contributed by atoms with van der Waals surface area (Å²) in [6.45, 7) is 11.3. The van der Waals surface area contributed by atoms with Gasteiger partial charge < -0.3 is 15.1 Å². The van der Waals surface area contributed by atoms with E-state index in [-0.39, 0.29) is 6.03 Å². The molecule has 1 aromatic rings. The van der Waals surface area contributed by atoms with Gasteiger partial charge in [-0.25, -0.2) is 4.79 Å². The maximum Gasteiger partial charge on any atom is 0.317 e. The number of amides is 2. The van der Waals surface area contributed by atoms with E-state index in [4.69, 9.17) is 0 Å². The van der Waals surface area contributed by atoms with E-state index in [9.17, 15) is 4.79 Å². The van der Waals surface area contributed by atoms with Crippen molar-refractivity contribution < 1.29 is 4.79 Å². The lowest BCUT2D eigenvalue weighted by molar-refractivity contribution is 0.0664. The van der Waals surface area contributed by atoms with Crippen molar-refractivity contribution in [3.05, 3.63) is 17.5 Å². The topological polar surface area (TPSA) is 56.6 Å². The molecule has 0 bridgehead atoms. The van der Waals surface area contributed by atoms with Crippen LogP contribution >= 0.6 is 0 Å². The van der Waals surface area contributed by atoms with Gasteiger partial charge in [-0.15, -0.1) is 0 Å².